The van der Waals surface area contributed by atoms with E-state index >= 15 is 0 Å². The molecule has 3 nitrogen and oxygen atoms in total. The molecule has 1 unspecified atom stereocenters. The van der Waals surface area contributed by atoms with Gasteiger partial charge in [-0.25, -0.2) is 0 Å². The van der Waals surface area contributed by atoms with Crippen LogP contribution >= 0.6 is 0 Å². The molecule has 1 atom stereocenters. The predicted octanol–water partition coefficient (Wildman–Crippen LogP) is 0.829. The molecule has 3 heteroatoms. The fourth-order valence-corrected chi connectivity index (χ4v) is 0.993. The Morgan fingerprint density at radius 1 is 1.31 bits per heavy atom. The molecular weight excluding hydrogens is 164 g/mol. The van der Waals surface area contributed by atoms with E-state index in [2.05, 4.69) is 25.1 Å². The molecule has 13 heavy (non-hydrogen) atoms. The smallest absolute Gasteiger partial charge is 0.310 e. The van der Waals surface area contributed by atoms with Gasteiger partial charge in [0.05, 0.1) is 0 Å². The van der Waals surface area contributed by atoms with Crippen molar-refractivity contribution < 1.29 is 4.79 Å². The van der Waals surface area contributed by atoms with Gasteiger partial charge in [-0.15, -0.1) is 13.2 Å². The van der Waals surface area contributed by atoms with Crippen LogP contribution in [0.5, 0.6) is 0 Å². The third-order valence-corrected chi connectivity index (χ3v) is 1.55. The Morgan fingerprint density at radius 2 is 1.85 bits per heavy atom. The third kappa shape index (κ3) is 4.28. The Balaban J connectivity index is 4.25. The van der Waals surface area contributed by atoms with Gasteiger partial charge in [-0.05, 0) is 0 Å². The van der Waals surface area contributed by atoms with Crippen LogP contribution in [0.15, 0.2) is 38.0 Å². The van der Waals surface area contributed by atoms with E-state index in [1.54, 1.807) is 24.6 Å². The highest BCUT2D eigenvalue weighted by atomic mass is 16.1. The summed E-state index contributed by atoms with van der Waals surface area (Å²) in [6, 6.07) is 0. The van der Waals surface area contributed by atoms with E-state index in [4.69, 9.17) is 0 Å². The first-order chi connectivity index (χ1) is 6.29. The normalized spacial score (nSPS) is 11.8. The molecule has 1 N–H and O–H groups in total. The van der Waals surface area contributed by atoms with Gasteiger partial charge in [0.1, 0.15) is 6.17 Å². The topological polar surface area (TPSA) is 32.3 Å². The van der Waals surface area contributed by atoms with Gasteiger partial charge >= 0.3 is 6.41 Å². The number of hydrogen-bond donors (Lipinski definition) is 1. The maximum Gasteiger partial charge on any atom is 0.310 e. The molecule has 0 bridgehead atoms. The zero-order valence-electron chi connectivity index (χ0n) is 7.70. The summed E-state index contributed by atoms with van der Waals surface area (Å²) < 4.78 is 0. The van der Waals surface area contributed by atoms with Crippen LogP contribution in [0.1, 0.15) is 0 Å². The van der Waals surface area contributed by atoms with E-state index in [0.717, 1.165) is 0 Å². The summed E-state index contributed by atoms with van der Waals surface area (Å²) in [5.41, 5.74) is 0. The molecular formula is C10H15N2O. The number of amides is 1. The molecule has 0 fully saturated rings. The molecule has 0 aromatic carbocycles. The van der Waals surface area contributed by atoms with Crippen LogP contribution in [0, 0.1) is 0 Å². The second kappa shape index (κ2) is 7.31. The van der Waals surface area contributed by atoms with Crippen molar-refractivity contribution in [2.24, 2.45) is 0 Å². The number of hydrogen-bond acceptors (Lipinski definition) is 2. The van der Waals surface area contributed by atoms with Gasteiger partial charge in [0.2, 0.25) is 0 Å². The van der Waals surface area contributed by atoms with E-state index in [-0.39, 0.29) is 6.17 Å². The zero-order chi connectivity index (χ0) is 10.1. The van der Waals surface area contributed by atoms with Crippen molar-refractivity contribution in [2.45, 2.75) is 6.17 Å². The first-order valence-corrected chi connectivity index (χ1v) is 4.01. The average molecular weight is 179 g/mol. The van der Waals surface area contributed by atoms with Gasteiger partial charge in [-0.1, -0.05) is 24.8 Å². The van der Waals surface area contributed by atoms with Crippen LogP contribution < -0.4 is 5.32 Å². The van der Waals surface area contributed by atoms with Gasteiger partial charge in [0, 0.05) is 13.1 Å². The molecule has 0 aliphatic carbocycles. The lowest BCUT2D eigenvalue weighted by atomic mass is 10.3. The third-order valence-electron chi connectivity index (χ3n) is 1.55. The minimum absolute atomic E-state index is 0.214. The Hall–Kier alpha value is -1.35. The second-order valence-electron chi connectivity index (χ2n) is 2.46. The molecule has 0 aromatic heterocycles. The molecule has 0 spiro atoms. The standard InChI is InChI=1S/C10H15N2O/c1-4-7-12(8-5-2)10(6-3)11-9-13/h4-6,10H,1-3,7-8H2,(H,11,13). The molecule has 0 aromatic rings. The van der Waals surface area contributed by atoms with E-state index in [0.29, 0.717) is 13.1 Å². The van der Waals surface area contributed by atoms with Crippen molar-refractivity contribution in [3.63, 3.8) is 0 Å². The molecule has 1 amide bonds. The van der Waals surface area contributed by atoms with E-state index in [9.17, 15) is 4.79 Å². The fraction of sp³-hybridized carbons (Fsp3) is 0.300. The monoisotopic (exact) mass is 179 g/mol. The van der Waals surface area contributed by atoms with Crippen LogP contribution in [0.25, 0.3) is 0 Å². The predicted molar refractivity (Wildman–Crippen MR) is 54.8 cm³/mol. The molecule has 71 valence electrons. The van der Waals surface area contributed by atoms with E-state index in [1.807, 2.05) is 4.90 Å². The average Bonchev–Trinajstić information content (AvgIpc) is 2.14. The number of carbonyl (C=O) groups excluding carboxylic acids is 1. The van der Waals surface area contributed by atoms with Crippen LogP contribution in [-0.2, 0) is 4.79 Å². The van der Waals surface area contributed by atoms with Gasteiger partial charge in [0.15, 0.2) is 0 Å². The maximum absolute atomic E-state index is 10.1. The Morgan fingerprint density at radius 3 is 2.15 bits per heavy atom. The summed E-state index contributed by atoms with van der Waals surface area (Å²) >= 11 is 0. The summed E-state index contributed by atoms with van der Waals surface area (Å²) in [7, 11) is 0. The highest BCUT2D eigenvalue weighted by Gasteiger charge is 2.10. The Bertz CT molecular complexity index is 179. The van der Waals surface area contributed by atoms with Gasteiger partial charge < -0.3 is 5.32 Å². The highest BCUT2D eigenvalue weighted by Crippen LogP contribution is 1.97. The largest absolute Gasteiger partial charge is 0.329 e. The van der Waals surface area contributed by atoms with Gasteiger partial charge in [-0.3, -0.25) is 9.69 Å². The quantitative estimate of drug-likeness (QED) is 0.340. The summed E-state index contributed by atoms with van der Waals surface area (Å²) in [6.07, 6.45) is 6.57. The van der Waals surface area contributed by atoms with Crippen molar-refractivity contribution in [3.05, 3.63) is 38.0 Å². The first-order valence-electron chi connectivity index (χ1n) is 4.01. The van der Waals surface area contributed by atoms with Crippen molar-refractivity contribution >= 4 is 6.41 Å². The minimum Gasteiger partial charge on any atom is -0.329 e. The lowest BCUT2D eigenvalue weighted by Crippen LogP contribution is -2.43. The summed E-state index contributed by atoms with van der Waals surface area (Å²) in [4.78, 5) is 12.1. The Kier molecular flexibility index (Phi) is 6.55. The SMILES string of the molecule is C=CCN(CC=C)C(C=C)N[C]=O. The lowest BCUT2D eigenvalue weighted by molar-refractivity contribution is 0.264. The molecule has 0 saturated carbocycles. The Labute approximate surface area is 79.4 Å². The van der Waals surface area contributed by atoms with Crippen molar-refractivity contribution in [1.29, 1.82) is 0 Å². The summed E-state index contributed by atoms with van der Waals surface area (Å²) in [5.74, 6) is 0. The van der Waals surface area contributed by atoms with Crippen LogP contribution in [-0.4, -0.2) is 30.6 Å². The summed E-state index contributed by atoms with van der Waals surface area (Å²) in [5, 5.41) is 2.51. The number of rotatable bonds is 8. The molecule has 0 heterocycles. The fourth-order valence-electron chi connectivity index (χ4n) is 0.993. The first kappa shape index (κ1) is 11.6. The van der Waals surface area contributed by atoms with Gasteiger partial charge in [-0.2, -0.15) is 0 Å². The lowest BCUT2D eigenvalue weighted by Gasteiger charge is -2.25. The van der Waals surface area contributed by atoms with Crippen molar-refractivity contribution in [3.8, 4) is 0 Å². The highest BCUT2D eigenvalue weighted by molar-refractivity contribution is 5.48. The minimum atomic E-state index is -0.214. The number of nitrogens with zero attached hydrogens (tertiary/aromatic N) is 1. The molecule has 0 aliphatic heterocycles. The second-order valence-corrected chi connectivity index (χ2v) is 2.46. The van der Waals surface area contributed by atoms with E-state index in [1.165, 1.54) is 0 Å². The maximum atomic E-state index is 10.1. The van der Waals surface area contributed by atoms with Crippen LogP contribution in [0.4, 0.5) is 0 Å². The van der Waals surface area contributed by atoms with E-state index < -0.39 is 0 Å². The van der Waals surface area contributed by atoms with Gasteiger partial charge in [0.25, 0.3) is 0 Å². The van der Waals surface area contributed by atoms with Crippen molar-refractivity contribution in [2.75, 3.05) is 13.1 Å². The molecule has 0 saturated heterocycles. The van der Waals surface area contributed by atoms with Crippen LogP contribution in [0.3, 0.4) is 0 Å². The summed E-state index contributed by atoms with van der Waals surface area (Å²) in [6.45, 7) is 12.2. The van der Waals surface area contributed by atoms with Crippen molar-refractivity contribution in [1.82, 2.24) is 10.2 Å². The molecule has 0 rings (SSSR count). The van der Waals surface area contributed by atoms with Crippen LogP contribution in [0.2, 0.25) is 0 Å². The molecule has 1 radical (unpaired) electrons. The number of nitrogens with one attached hydrogen (secondary N) is 1. The molecule has 0 aliphatic rings. The zero-order valence-corrected chi connectivity index (χ0v) is 7.70.